The minimum Gasteiger partial charge on any atom is -0.496 e. The number of nitrogens with two attached hydrogens (primary N) is 1. The highest BCUT2D eigenvalue weighted by atomic mass is 35.5. The maximum Gasteiger partial charge on any atom is 0.255 e. The van der Waals surface area contributed by atoms with E-state index in [1.54, 1.807) is 6.07 Å². The first kappa shape index (κ1) is 22.3. The molecule has 0 aromatic heterocycles. The van der Waals surface area contributed by atoms with Gasteiger partial charge in [-0.25, -0.2) is 0 Å². The number of nitrogen functional groups attached to an aromatic ring is 1. The Balaban J connectivity index is 1.96. The molecule has 0 saturated carbocycles. The third kappa shape index (κ3) is 6.59. The van der Waals surface area contributed by atoms with Gasteiger partial charge in [-0.2, -0.15) is 0 Å². The lowest BCUT2D eigenvalue weighted by Gasteiger charge is -2.22. The highest BCUT2D eigenvalue weighted by Gasteiger charge is 2.15. The fourth-order valence-corrected chi connectivity index (χ4v) is 3.13. The van der Waals surface area contributed by atoms with E-state index in [-0.39, 0.29) is 5.91 Å². The van der Waals surface area contributed by atoms with Crippen LogP contribution in [0, 0.1) is 0 Å². The lowest BCUT2D eigenvalue weighted by Crippen LogP contribution is -2.35. The van der Waals surface area contributed by atoms with E-state index in [1.807, 2.05) is 24.3 Å². The van der Waals surface area contributed by atoms with Gasteiger partial charge in [0.2, 0.25) is 0 Å². The highest BCUT2D eigenvalue weighted by Crippen LogP contribution is 2.28. The zero-order chi connectivity index (χ0) is 20.5. The average Bonchev–Trinajstić information content (AvgIpc) is 2.69. The second-order valence-electron chi connectivity index (χ2n) is 6.59. The van der Waals surface area contributed by atoms with Crippen molar-refractivity contribution in [2.75, 3.05) is 32.5 Å². The number of carbonyl (C=O) groups is 1. The number of anilines is 1. The summed E-state index contributed by atoms with van der Waals surface area (Å²) in [4.78, 5) is 14.9. The third-order valence-corrected chi connectivity index (χ3v) is 5.00. The standard InChI is InChI=1S/C21H27Cl2N3O2/c1-3-4-10-26(14-15-5-7-16(22)8-6-15)11-9-25-21(27)17-12-18(23)19(24)13-20(17)28-2/h5-8,12-13H,3-4,9-11,14,24H2,1-2H3,(H,25,27). The number of methoxy groups -OCH3 is 1. The molecule has 3 N–H and O–H groups in total. The normalized spacial score (nSPS) is 10.9. The fraction of sp³-hybridized carbons (Fsp3) is 0.381. The van der Waals surface area contributed by atoms with Crippen molar-refractivity contribution in [3.8, 4) is 5.75 Å². The number of ether oxygens (including phenoxy) is 1. The molecule has 1 amide bonds. The number of halogens is 2. The van der Waals surface area contributed by atoms with Crippen LogP contribution >= 0.6 is 23.2 Å². The molecular weight excluding hydrogens is 397 g/mol. The molecule has 7 heteroatoms. The van der Waals surface area contributed by atoms with Crippen LogP contribution in [0.5, 0.6) is 5.75 Å². The van der Waals surface area contributed by atoms with Gasteiger partial charge in [0.15, 0.2) is 0 Å². The first-order chi connectivity index (χ1) is 13.4. The molecule has 2 rings (SSSR count). The second-order valence-corrected chi connectivity index (χ2v) is 7.43. The van der Waals surface area contributed by atoms with Crippen molar-refractivity contribution < 1.29 is 9.53 Å². The zero-order valence-corrected chi connectivity index (χ0v) is 17.8. The molecule has 0 radical (unpaired) electrons. The molecule has 0 aliphatic heterocycles. The van der Waals surface area contributed by atoms with E-state index in [9.17, 15) is 4.79 Å². The summed E-state index contributed by atoms with van der Waals surface area (Å²) in [6, 6.07) is 10.9. The smallest absolute Gasteiger partial charge is 0.255 e. The lowest BCUT2D eigenvalue weighted by molar-refractivity contribution is 0.0944. The minimum absolute atomic E-state index is 0.235. The molecule has 0 saturated heterocycles. The number of hydrogen-bond acceptors (Lipinski definition) is 4. The van der Waals surface area contributed by atoms with Crippen LogP contribution < -0.4 is 15.8 Å². The number of benzene rings is 2. The van der Waals surface area contributed by atoms with Gasteiger partial charge in [0.05, 0.1) is 23.4 Å². The first-order valence-electron chi connectivity index (χ1n) is 9.32. The maximum atomic E-state index is 12.6. The molecular formula is C21H27Cl2N3O2. The molecule has 5 nitrogen and oxygen atoms in total. The van der Waals surface area contributed by atoms with Gasteiger partial charge in [0.25, 0.3) is 5.91 Å². The molecule has 0 spiro atoms. The van der Waals surface area contributed by atoms with Crippen LogP contribution in [0.3, 0.4) is 0 Å². The van der Waals surface area contributed by atoms with E-state index < -0.39 is 0 Å². The Hall–Kier alpha value is -1.95. The molecule has 0 aliphatic rings. The van der Waals surface area contributed by atoms with Gasteiger partial charge < -0.3 is 15.8 Å². The van der Waals surface area contributed by atoms with E-state index in [1.165, 1.54) is 18.7 Å². The predicted octanol–water partition coefficient (Wildman–Crippen LogP) is 4.62. The minimum atomic E-state index is -0.235. The van der Waals surface area contributed by atoms with Crippen LogP contribution in [0.1, 0.15) is 35.7 Å². The van der Waals surface area contributed by atoms with Crippen molar-refractivity contribution in [1.29, 1.82) is 0 Å². The summed E-state index contributed by atoms with van der Waals surface area (Å²) >= 11 is 12.0. The highest BCUT2D eigenvalue weighted by molar-refractivity contribution is 6.33. The molecule has 0 aliphatic carbocycles. The van der Waals surface area contributed by atoms with Gasteiger partial charge in [-0.3, -0.25) is 9.69 Å². The molecule has 0 fully saturated rings. The number of nitrogens with zero attached hydrogens (tertiary/aromatic N) is 1. The first-order valence-corrected chi connectivity index (χ1v) is 10.1. The number of rotatable bonds is 10. The van der Waals surface area contributed by atoms with Gasteiger partial charge in [-0.1, -0.05) is 48.7 Å². The Morgan fingerprint density at radius 1 is 1.18 bits per heavy atom. The summed E-state index contributed by atoms with van der Waals surface area (Å²) in [6.07, 6.45) is 2.22. The largest absolute Gasteiger partial charge is 0.496 e. The quantitative estimate of drug-likeness (QED) is 0.547. The topological polar surface area (TPSA) is 67.6 Å². The van der Waals surface area contributed by atoms with E-state index in [0.717, 1.165) is 37.5 Å². The van der Waals surface area contributed by atoms with Crippen LogP contribution in [-0.4, -0.2) is 37.6 Å². The lowest BCUT2D eigenvalue weighted by atomic mass is 10.1. The molecule has 0 atom stereocenters. The van der Waals surface area contributed by atoms with Crippen LogP contribution in [-0.2, 0) is 6.54 Å². The van der Waals surface area contributed by atoms with Crippen LogP contribution in [0.2, 0.25) is 10.0 Å². The molecule has 0 bridgehead atoms. The Bertz CT molecular complexity index is 782. The van der Waals surface area contributed by atoms with Crippen LogP contribution in [0.15, 0.2) is 36.4 Å². The van der Waals surface area contributed by atoms with Crippen molar-refractivity contribution >= 4 is 34.8 Å². The van der Waals surface area contributed by atoms with Gasteiger partial charge in [-0.15, -0.1) is 0 Å². The molecule has 28 heavy (non-hydrogen) atoms. The van der Waals surface area contributed by atoms with E-state index in [2.05, 4.69) is 17.1 Å². The number of nitrogens with one attached hydrogen (secondary N) is 1. The Morgan fingerprint density at radius 3 is 2.54 bits per heavy atom. The average molecular weight is 424 g/mol. The van der Waals surface area contributed by atoms with Crippen molar-refractivity contribution in [1.82, 2.24) is 10.2 Å². The van der Waals surface area contributed by atoms with Gasteiger partial charge >= 0.3 is 0 Å². The Morgan fingerprint density at radius 2 is 1.89 bits per heavy atom. The molecule has 0 unspecified atom stereocenters. The second kappa shape index (κ2) is 11.1. The summed E-state index contributed by atoms with van der Waals surface area (Å²) in [6.45, 7) is 5.19. The number of amides is 1. The van der Waals surface area contributed by atoms with Crippen LogP contribution in [0.4, 0.5) is 5.69 Å². The van der Waals surface area contributed by atoms with E-state index in [0.29, 0.717) is 28.6 Å². The van der Waals surface area contributed by atoms with Gasteiger partial charge in [0, 0.05) is 30.7 Å². The third-order valence-electron chi connectivity index (χ3n) is 4.42. The van der Waals surface area contributed by atoms with Crippen molar-refractivity contribution in [2.24, 2.45) is 0 Å². The van der Waals surface area contributed by atoms with Crippen molar-refractivity contribution in [3.05, 3.63) is 57.6 Å². The summed E-state index contributed by atoms with van der Waals surface area (Å²) in [5.41, 5.74) is 7.72. The van der Waals surface area contributed by atoms with E-state index >= 15 is 0 Å². The van der Waals surface area contributed by atoms with Crippen LogP contribution in [0.25, 0.3) is 0 Å². The summed E-state index contributed by atoms with van der Waals surface area (Å²) in [5.74, 6) is 0.170. The van der Waals surface area contributed by atoms with Crippen molar-refractivity contribution in [2.45, 2.75) is 26.3 Å². The number of unbranched alkanes of at least 4 members (excludes halogenated alkanes) is 1. The monoisotopic (exact) mass is 423 g/mol. The summed E-state index contributed by atoms with van der Waals surface area (Å²) in [5, 5.41) is 4.00. The van der Waals surface area contributed by atoms with Gasteiger partial charge in [-0.05, 0) is 36.7 Å². The molecule has 0 heterocycles. The molecule has 152 valence electrons. The Labute approximate surface area is 176 Å². The molecule has 2 aromatic carbocycles. The number of hydrogen-bond donors (Lipinski definition) is 2. The molecule has 2 aromatic rings. The van der Waals surface area contributed by atoms with Crippen molar-refractivity contribution in [3.63, 3.8) is 0 Å². The predicted molar refractivity (Wildman–Crippen MR) is 116 cm³/mol. The summed E-state index contributed by atoms with van der Waals surface area (Å²) < 4.78 is 5.25. The number of carbonyl (C=O) groups excluding carboxylic acids is 1. The fourth-order valence-electron chi connectivity index (χ4n) is 2.84. The maximum absolute atomic E-state index is 12.6. The van der Waals surface area contributed by atoms with Gasteiger partial charge in [0.1, 0.15) is 5.75 Å². The summed E-state index contributed by atoms with van der Waals surface area (Å²) in [7, 11) is 1.50. The Kier molecular flexibility index (Phi) is 8.90. The SMILES string of the molecule is CCCCN(CCNC(=O)c1cc(Cl)c(N)cc1OC)Cc1ccc(Cl)cc1. The zero-order valence-electron chi connectivity index (χ0n) is 16.3. The van der Waals surface area contributed by atoms with E-state index in [4.69, 9.17) is 33.7 Å².